The lowest BCUT2D eigenvalue weighted by molar-refractivity contribution is 0.594. The molecule has 0 fully saturated rings. The van der Waals surface area contributed by atoms with Crippen LogP contribution in [0.4, 0.5) is 0 Å². The van der Waals surface area contributed by atoms with Crippen LogP contribution in [0.1, 0.15) is 35.0 Å². The van der Waals surface area contributed by atoms with Gasteiger partial charge in [0.2, 0.25) is 9.84 Å². The van der Waals surface area contributed by atoms with Gasteiger partial charge in [0.15, 0.2) is 0 Å². The Balaban J connectivity index is 1.39. The quantitative estimate of drug-likeness (QED) is 0.203. The van der Waals surface area contributed by atoms with Crippen LogP contribution in [0.2, 0.25) is 0 Å². The summed E-state index contributed by atoms with van der Waals surface area (Å²) in [6, 6.07) is 47.8. The van der Waals surface area contributed by atoms with Crippen molar-refractivity contribution in [3.63, 3.8) is 0 Å². The normalized spacial score (nSPS) is 15.0. The van der Waals surface area contributed by atoms with Crippen LogP contribution in [0, 0.1) is 0 Å². The molecule has 0 radical (unpaired) electrons. The molecule has 216 valence electrons. The van der Waals surface area contributed by atoms with Crippen molar-refractivity contribution in [1.29, 1.82) is 0 Å². The van der Waals surface area contributed by atoms with Crippen LogP contribution >= 0.6 is 0 Å². The van der Waals surface area contributed by atoms with Crippen molar-refractivity contribution in [3.05, 3.63) is 168 Å². The van der Waals surface area contributed by atoms with Crippen molar-refractivity contribution < 1.29 is 8.42 Å². The number of aryl methyl sites for hydroxylation is 1. The average molecular weight is 601 g/mol. The van der Waals surface area contributed by atoms with E-state index >= 15 is 0 Å². The molecule has 0 saturated heterocycles. The molecule has 0 N–H and O–H groups in total. The fraction of sp³-hybridized carbons (Fsp3) is 0.0750. The average Bonchev–Trinajstić information content (AvgIpc) is 3.62. The van der Waals surface area contributed by atoms with Gasteiger partial charge < -0.3 is 0 Å². The second kappa shape index (κ2) is 9.37. The second-order valence-corrected chi connectivity index (χ2v) is 13.7. The SMILES string of the molecule is CCc1nc2cccc3c2n1-c1c(-c2ccc4c(c2)C(c2ccccc2)(c2ccccc2)c2ccccc2-4)cccc1S3(=O)=O. The number of hydrogen-bond acceptors (Lipinski definition) is 3. The first-order valence-corrected chi connectivity index (χ1v) is 16.8. The lowest BCUT2D eigenvalue weighted by atomic mass is 9.67. The van der Waals surface area contributed by atoms with Gasteiger partial charge >= 0.3 is 0 Å². The summed E-state index contributed by atoms with van der Waals surface area (Å²) in [6.45, 7) is 2.07. The van der Waals surface area contributed by atoms with Gasteiger partial charge in [0, 0.05) is 12.0 Å². The molecule has 4 nitrogen and oxygen atoms in total. The van der Waals surface area contributed by atoms with Crippen LogP contribution in [-0.2, 0) is 21.7 Å². The van der Waals surface area contributed by atoms with Crippen molar-refractivity contribution in [2.24, 2.45) is 0 Å². The molecule has 2 aliphatic rings. The fourth-order valence-corrected chi connectivity index (χ4v) is 9.43. The van der Waals surface area contributed by atoms with E-state index < -0.39 is 15.3 Å². The van der Waals surface area contributed by atoms with Crippen LogP contribution in [0.3, 0.4) is 0 Å². The highest BCUT2D eigenvalue weighted by Gasteiger charge is 2.46. The molecule has 0 saturated carbocycles. The summed E-state index contributed by atoms with van der Waals surface area (Å²) in [4.78, 5) is 5.52. The van der Waals surface area contributed by atoms with Gasteiger partial charge in [0.25, 0.3) is 0 Å². The zero-order chi connectivity index (χ0) is 30.3. The van der Waals surface area contributed by atoms with E-state index in [-0.39, 0.29) is 0 Å². The summed E-state index contributed by atoms with van der Waals surface area (Å²) in [5, 5.41) is 0. The zero-order valence-electron chi connectivity index (χ0n) is 24.6. The Morgan fingerprint density at radius 2 is 1.24 bits per heavy atom. The lowest BCUT2D eigenvalue weighted by Crippen LogP contribution is -2.28. The lowest BCUT2D eigenvalue weighted by Gasteiger charge is -2.34. The van der Waals surface area contributed by atoms with Crippen LogP contribution in [-0.4, -0.2) is 18.0 Å². The first-order chi connectivity index (χ1) is 22.0. The molecule has 1 aliphatic heterocycles. The Morgan fingerprint density at radius 1 is 0.622 bits per heavy atom. The van der Waals surface area contributed by atoms with Crippen molar-refractivity contribution in [2.75, 3.05) is 0 Å². The Bertz CT molecular complexity index is 2390. The fourth-order valence-electron chi connectivity index (χ4n) is 7.77. The van der Waals surface area contributed by atoms with Crippen molar-refractivity contribution in [3.8, 4) is 27.9 Å². The van der Waals surface area contributed by atoms with Gasteiger partial charge in [-0.3, -0.25) is 4.57 Å². The third-order valence-corrected chi connectivity index (χ3v) is 11.4. The molecule has 45 heavy (non-hydrogen) atoms. The Labute approximate surface area is 262 Å². The molecule has 0 amide bonds. The smallest absolute Gasteiger partial charge is 0.210 e. The molecular formula is C40H28N2O2S. The van der Waals surface area contributed by atoms with Crippen LogP contribution in [0.15, 0.2) is 149 Å². The Hall–Kier alpha value is -5.26. The Morgan fingerprint density at radius 3 is 1.98 bits per heavy atom. The third kappa shape index (κ3) is 3.36. The largest absolute Gasteiger partial charge is 0.293 e. The molecule has 2 heterocycles. The molecule has 0 atom stereocenters. The van der Waals surface area contributed by atoms with Crippen LogP contribution in [0.25, 0.3) is 39.0 Å². The highest BCUT2D eigenvalue weighted by Crippen LogP contribution is 2.57. The molecule has 5 heteroatoms. The summed E-state index contributed by atoms with van der Waals surface area (Å²) in [7, 11) is -3.76. The number of nitrogens with zero attached hydrogens (tertiary/aromatic N) is 2. The van der Waals surface area contributed by atoms with E-state index in [0.717, 1.165) is 17.0 Å². The molecule has 9 rings (SSSR count). The van der Waals surface area contributed by atoms with E-state index in [1.807, 2.05) is 18.2 Å². The topological polar surface area (TPSA) is 52.0 Å². The highest BCUT2D eigenvalue weighted by atomic mass is 32.2. The molecule has 6 aromatic carbocycles. The maximum Gasteiger partial charge on any atom is 0.210 e. The summed E-state index contributed by atoms with van der Waals surface area (Å²) in [5.74, 6) is 0.845. The van der Waals surface area contributed by atoms with Crippen molar-refractivity contribution >= 4 is 20.9 Å². The minimum Gasteiger partial charge on any atom is -0.293 e. The van der Waals surface area contributed by atoms with Gasteiger partial charge in [-0.05, 0) is 63.2 Å². The molecule has 1 aromatic heterocycles. The van der Waals surface area contributed by atoms with Crippen molar-refractivity contribution in [1.82, 2.24) is 9.55 Å². The maximum atomic E-state index is 14.1. The van der Waals surface area contributed by atoms with E-state index in [0.29, 0.717) is 32.9 Å². The van der Waals surface area contributed by atoms with Crippen molar-refractivity contribution in [2.45, 2.75) is 28.6 Å². The minimum absolute atomic E-state index is 0.313. The van der Waals surface area contributed by atoms with E-state index in [1.54, 1.807) is 18.2 Å². The Kier molecular flexibility index (Phi) is 5.45. The summed E-state index contributed by atoms with van der Waals surface area (Å²) >= 11 is 0. The molecule has 0 unspecified atom stereocenters. The first kappa shape index (κ1) is 26.2. The number of fused-ring (bicyclic) bond motifs is 5. The number of para-hydroxylation sites is 2. The van der Waals surface area contributed by atoms with E-state index in [2.05, 4.69) is 115 Å². The number of aromatic nitrogens is 2. The predicted molar refractivity (Wildman–Crippen MR) is 179 cm³/mol. The molecular weight excluding hydrogens is 573 g/mol. The third-order valence-electron chi connectivity index (χ3n) is 9.60. The maximum absolute atomic E-state index is 14.1. The summed E-state index contributed by atoms with van der Waals surface area (Å²) in [5.41, 5.74) is 10.5. The molecule has 7 aromatic rings. The highest BCUT2D eigenvalue weighted by molar-refractivity contribution is 7.92. The van der Waals surface area contributed by atoms with Gasteiger partial charge in [-0.2, -0.15) is 0 Å². The molecule has 0 bridgehead atoms. The van der Waals surface area contributed by atoms with Crippen LogP contribution in [0.5, 0.6) is 0 Å². The summed E-state index contributed by atoms with van der Waals surface area (Å²) in [6.07, 6.45) is 0.673. The number of hydrogen-bond donors (Lipinski definition) is 0. The minimum atomic E-state index is -3.76. The number of imidazole rings is 1. The summed E-state index contributed by atoms with van der Waals surface area (Å²) < 4.78 is 30.3. The zero-order valence-corrected chi connectivity index (χ0v) is 25.4. The van der Waals surface area contributed by atoms with E-state index in [9.17, 15) is 8.42 Å². The number of sulfone groups is 1. The standard InChI is InChI=1S/C40H28N2O2S/c1-2-37-41-34-20-12-22-36-39(34)42(37)38-29(18-11-21-35(38)45(36,43)44)26-23-24-31-30-17-9-10-19-32(30)40(33(31)25-26,27-13-5-3-6-14-27)28-15-7-4-8-16-28/h3-25H,2H2,1H3. The van der Waals surface area contributed by atoms with E-state index in [4.69, 9.17) is 4.98 Å². The molecule has 0 spiro atoms. The number of rotatable bonds is 4. The number of benzene rings is 6. The predicted octanol–water partition coefficient (Wildman–Crippen LogP) is 8.76. The van der Waals surface area contributed by atoms with Gasteiger partial charge in [-0.25, -0.2) is 13.4 Å². The monoisotopic (exact) mass is 600 g/mol. The van der Waals surface area contributed by atoms with Crippen LogP contribution < -0.4 is 0 Å². The van der Waals surface area contributed by atoms with Gasteiger partial charge in [-0.1, -0.05) is 122 Å². The van der Waals surface area contributed by atoms with Gasteiger partial charge in [0.05, 0.1) is 31.9 Å². The first-order valence-electron chi connectivity index (χ1n) is 15.3. The van der Waals surface area contributed by atoms with Gasteiger partial charge in [0.1, 0.15) is 5.82 Å². The second-order valence-electron chi connectivity index (χ2n) is 11.8. The van der Waals surface area contributed by atoms with E-state index in [1.165, 1.54) is 33.4 Å². The van der Waals surface area contributed by atoms with Gasteiger partial charge in [-0.15, -0.1) is 0 Å². The molecule has 1 aliphatic carbocycles.